The number of alkyl halides is 2. The Hall–Kier alpha value is -3.16. The first-order valence-corrected chi connectivity index (χ1v) is 7.42. The monoisotopic (exact) mass is 366 g/mol. The zero-order chi connectivity index (χ0) is 19.1. The summed E-state index contributed by atoms with van der Waals surface area (Å²) in [5.74, 6) is -1.32. The van der Waals surface area contributed by atoms with E-state index in [4.69, 9.17) is 9.47 Å². The third-order valence-electron chi connectivity index (χ3n) is 3.36. The van der Waals surface area contributed by atoms with Crippen molar-refractivity contribution in [1.82, 2.24) is 0 Å². The van der Waals surface area contributed by atoms with Crippen LogP contribution in [0.4, 0.5) is 8.78 Å². The second kappa shape index (κ2) is 8.80. The highest BCUT2D eigenvalue weighted by atomic mass is 19.3. The molecule has 6 nitrogen and oxygen atoms in total. The molecule has 0 N–H and O–H groups in total. The molecule has 0 aliphatic rings. The standard InChI is InChI=1S/C18H16F2O6/c1-23-15-9-13(7-8-14(15)26-18(19)20)17(22)25-10-11-3-5-12(6-4-11)16(21)24-2/h3-9,18H,10H2,1-2H3. The maximum atomic E-state index is 12.3. The lowest BCUT2D eigenvalue weighted by molar-refractivity contribution is -0.0512. The average molecular weight is 366 g/mol. The molecule has 0 radical (unpaired) electrons. The van der Waals surface area contributed by atoms with Crippen molar-refractivity contribution in [3.05, 3.63) is 59.2 Å². The van der Waals surface area contributed by atoms with Crippen LogP contribution in [0.3, 0.4) is 0 Å². The number of methoxy groups -OCH3 is 2. The largest absolute Gasteiger partial charge is 0.493 e. The summed E-state index contributed by atoms with van der Waals surface area (Å²) >= 11 is 0. The minimum atomic E-state index is -3.00. The number of carbonyl (C=O) groups is 2. The molecule has 0 saturated carbocycles. The summed E-state index contributed by atoms with van der Waals surface area (Å²) in [4.78, 5) is 23.5. The summed E-state index contributed by atoms with van der Waals surface area (Å²) in [5, 5.41) is 0. The summed E-state index contributed by atoms with van der Waals surface area (Å²) in [7, 11) is 2.55. The molecule has 0 bridgehead atoms. The smallest absolute Gasteiger partial charge is 0.387 e. The van der Waals surface area contributed by atoms with Gasteiger partial charge in [-0.2, -0.15) is 8.78 Å². The number of hydrogen-bond acceptors (Lipinski definition) is 6. The van der Waals surface area contributed by atoms with Crippen LogP contribution in [0.15, 0.2) is 42.5 Å². The van der Waals surface area contributed by atoms with Crippen molar-refractivity contribution in [2.45, 2.75) is 13.2 Å². The highest BCUT2D eigenvalue weighted by molar-refractivity contribution is 5.90. The third-order valence-corrected chi connectivity index (χ3v) is 3.36. The van der Waals surface area contributed by atoms with Crippen molar-refractivity contribution in [1.29, 1.82) is 0 Å². The number of hydrogen-bond donors (Lipinski definition) is 0. The van der Waals surface area contributed by atoms with Gasteiger partial charge in [-0.25, -0.2) is 9.59 Å². The fourth-order valence-electron chi connectivity index (χ4n) is 2.08. The summed E-state index contributed by atoms with van der Waals surface area (Å²) < 4.78 is 43.6. The van der Waals surface area contributed by atoms with Gasteiger partial charge in [0.15, 0.2) is 11.5 Å². The minimum absolute atomic E-state index is 0.0119. The molecule has 0 saturated heterocycles. The molecule has 0 heterocycles. The topological polar surface area (TPSA) is 71.1 Å². The quantitative estimate of drug-likeness (QED) is 0.699. The van der Waals surface area contributed by atoms with Gasteiger partial charge in [-0.1, -0.05) is 12.1 Å². The fourth-order valence-corrected chi connectivity index (χ4v) is 2.08. The van der Waals surface area contributed by atoms with Gasteiger partial charge in [0, 0.05) is 0 Å². The van der Waals surface area contributed by atoms with Gasteiger partial charge in [0.1, 0.15) is 6.61 Å². The van der Waals surface area contributed by atoms with Gasteiger partial charge in [-0.3, -0.25) is 0 Å². The Bertz CT molecular complexity index is 774. The minimum Gasteiger partial charge on any atom is -0.493 e. The Morgan fingerprint density at radius 1 is 0.923 bits per heavy atom. The van der Waals surface area contributed by atoms with Crippen LogP contribution < -0.4 is 9.47 Å². The number of ether oxygens (including phenoxy) is 4. The van der Waals surface area contributed by atoms with Crippen LogP contribution in [-0.4, -0.2) is 32.8 Å². The Morgan fingerprint density at radius 3 is 2.15 bits per heavy atom. The molecule has 138 valence electrons. The number of halogens is 2. The van der Waals surface area contributed by atoms with Gasteiger partial charge >= 0.3 is 18.6 Å². The van der Waals surface area contributed by atoms with E-state index in [1.54, 1.807) is 24.3 Å². The fraction of sp³-hybridized carbons (Fsp3) is 0.222. The molecule has 2 rings (SSSR count). The van der Waals surface area contributed by atoms with Crippen LogP contribution in [0.1, 0.15) is 26.3 Å². The molecule has 26 heavy (non-hydrogen) atoms. The number of esters is 2. The maximum absolute atomic E-state index is 12.3. The van der Waals surface area contributed by atoms with E-state index in [-0.39, 0.29) is 23.7 Å². The highest BCUT2D eigenvalue weighted by Gasteiger charge is 2.15. The van der Waals surface area contributed by atoms with E-state index in [2.05, 4.69) is 9.47 Å². The van der Waals surface area contributed by atoms with Crippen LogP contribution in [0.25, 0.3) is 0 Å². The molecule has 0 amide bonds. The molecule has 8 heteroatoms. The molecular formula is C18H16F2O6. The van der Waals surface area contributed by atoms with Gasteiger partial charge < -0.3 is 18.9 Å². The van der Waals surface area contributed by atoms with Crippen LogP contribution in [0, 0.1) is 0 Å². The van der Waals surface area contributed by atoms with E-state index >= 15 is 0 Å². The van der Waals surface area contributed by atoms with Crippen LogP contribution in [0.5, 0.6) is 11.5 Å². The van der Waals surface area contributed by atoms with Gasteiger partial charge in [0.05, 0.1) is 25.3 Å². The molecule has 0 aromatic heterocycles. The number of benzene rings is 2. The molecule has 0 unspecified atom stereocenters. The lowest BCUT2D eigenvalue weighted by Crippen LogP contribution is -2.08. The van der Waals surface area contributed by atoms with Gasteiger partial charge in [0.2, 0.25) is 0 Å². The van der Waals surface area contributed by atoms with E-state index in [0.717, 1.165) is 0 Å². The van der Waals surface area contributed by atoms with Crippen molar-refractivity contribution >= 4 is 11.9 Å². The highest BCUT2D eigenvalue weighted by Crippen LogP contribution is 2.29. The van der Waals surface area contributed by atoms with Crippen molar-refractivity contribution < 1.29 is 37.3 Å². The predicted molar refractivity (Wildman–Crippen MR) is 86.5 cm³/mol. The van der Waals surface area contributed by atoms with E-state index in [1.807, 2.05) is 0 Å². The van der Waals surface area contributed by atoms with E-state index in [9.17, 15) is 18.4 Å². The first kappa shape index (κ1) is 19.2. The summed E-state index contributed by atoms with van der Waals surface area (Å²) in [6.45, 7) is -3.03. The Kier molecular flexibility index (Phi) is 6.48. The third kappa shape index (κ3) is 4.92. The van der Waals surface area contributed by atoms with E-state index in [1.165, 1.54) is 32.4 Å². The van der Waals surface area contributed by atoms with Crippen LogP contribution in [0.2, 0.25) is 0 Å². The molecule has 0 spiro atoms. The first-order valence-electron chi connectivity index (χ1n) is 7.42. The summed E-state index contributed by atoms with van der Waals surface area (Å²) in [6.07, 6.45) is 0. The van der Waals surface area contributed by atoms with Crippen molar-refractivity contribution in [3.63, 3.8) is 0 Å². The molecule has 2 aromatic rings. The Labute approximate surface area is 148 Å². The molecule has 0 aliphatic carbocycles. The number of carbonyl (C=O) groups excluding carboxylic acids is 2. The normalized spacial score (nSPS) is 10.3. The zero-order valence-corrected chi connectivity index (χ0v) is 14.0. The van der Waals surface area contributed by atoms with E-state index in [0.29, 0.717) is 11.1 Å². The summed E-state index contributed by atoms with van der Waals surface area (Å²) in [6, 6.07) is 10.1. The molecule has 0 aliphatic heterocycles. The maximum Gasteiger partial charge on any atom is 0.387 e. The van der Waals surface area contributed by atoms with Crippen molar-refractivity contribution in [2.24, 2.45) is 0 Å². The van der Waals surface area contributed by atoms with Gasteiger partial charge in [-0.05, 0) is 35.9 Å². The average Bonchev–Trinajstić information content (AvgIpc) is 2.65. The van der Waals surface area contributed by atoms with Gasteiger partial charge in [0.25, 0.3) is 0 Å². The predicted octanol–water partition coefficient (Wildman–Crippen LogP) is 3.44. The van der Waals surface area contributed by atoms with Gasteiger partial charge in [-0.15, -0.1) is 0 Å². The summed E-state index contributed by atoms with van der Waals surface area (Å²) in [5.41, 5.74) is 1.16. The Morgan fingerprint density at radius 2 is 1.58 bits per heavy atom. The second-order valence-electron chi connectivity index (χ2n) is 5.01. The SMILES string of the molecule is COC(=O)c1ccc(COC(=O)c2ccc(OC(F)F)c(OC)c2)cc1. The lowest BCUT2D eigenvalue weighted by atomic mass is 10.1. The first-order chi connectivity index (χ1) is 12.4. The Balaban J connectivity index is 2.02. The van der Waals surface area contributed by atoms with E-state index < -0.39 is 18.6 Å². The van der Waals surface area contributed by atoms with Crippen LogP contribution in [-0.2, 0) is 16.1 Å². The van der Waals surface area contributed by atoms with Crippen LogP contribution >= 0.6 is 0 Å². The number of rotatable bonds is 7. The lowest BCUT2D eigenvalue weighted by Gasteiger charge is -2.11. The molecular weight excluding hydrogens is 350 g/mol. The molecule has 2 aromatic carbocycles. The zero-order valence-electron chi connectivity index (χ0n) is 14.0. The molecule has 0 atom stereocenters. The van der Waals surface area contributed by atoms with Crippen molar-refractivity contribution in [3.8, 4) is 11.5 Å². The van der Waals surface area contributed by atoms with Crippen molar-refractivity contribution in [2.75, 3.05) is 14.2 Å². The molecule has 0 fully saturated rings. The second-order valence-corrected chi connectivity index (χ2v) is 5.01.